The zero-order chi connectivity index (χ0) is 25.8. The van der Waals surface area contributed by atoms with Crippen molar-refractivity contribution >= 4 is 16.0 Å². The third-order valence-electron chi connectivity index (χ3n) is 11.0. The minimum absolute atomic E-state index is 0.0474. The van der Waals surface area contributed by atoms with Gasteiger partial charge in [0.1, 0.15) is 0 Å². The van der Waals surface area contributed by atoms with Crippen molar-refractivity contribution in [3.8, 4) is 0 Å². The average Bonchev–Trinajstić information content (AvgIpc) is 3.13. The zero-order valence-corrected chi connectivity index (χ0v) is 22.2. The Balaban J connectivity index is 1.42. The van der Waals surface area contributed by atoms with Crippen molar-refractivity contribution in [2.75, 3.05) is 12.3 Å². The summed E-state index contributed by atoms with van der Waals surface area (Å²) in [4.78, 5) is 12.2. The second-order valence-corrected chi connectivity index (χ2v) is 14.2. The Labute approximate surface area is 210 Å². The topological polar surface area (TPSA) is 147 Å². The summed E-state index contributed by atoms with van der Waals surface area (Å²) in [5, 5.41) is 35.3. The van der Waals surface area contributed by atoms with Gasteiger partial charge >= 0.3 is 0 Å². The molecule has 0 heterocycles. The van der Waals surface area contributed by atoms with Gasteiger partial charge in [0.25, 0.3) is 0 Å². The lowest BCUT2D eigenvalue weighted by Crippen LogP contribution is -2.64. The molecule has 1 amide bonds. The summed E-state index contributed by atoms with van der Waals surface area (Å²) in [6.07, 6.45) is 5.46. The van der Waals surface area contributed by atoms with Gasteiger partial charge in [-0.3, -0.25) is 4.79 Å². The van der Waals surface area contributed by atoms with Gasteiger partial charge in [0, 0.05) is 13.0 Å². The van der Waals surface area contributed by atoms with Crippen LogP contribution in [0.5, 0.6) is 0 Å². The van der Waals surface area contributed by atoms with E-state index in [-0.39, 0.29) is 41.2 Å². The monoisotopic (exact) mass is 514 g/mol. The van der Waals surface area contributed by atoms with E-state index < -0.39 is 28.1 Å². The van der Waals surface area contributed by atoms with Crippen LogP contribution >= 0.6 is 0 Å². The molecule has 4 rings (SSSR count). The lowest BCUT2D eigenvalue weighted by atomic mass is 9.43. The molecule has 0 aromatic heterocycles. The second-order valence-electron chi connectivity index (χ2n) is 12.7. The van der Waals surface area contributed by atoms with E-state index in [1.54, 1.807) is 0 Å². The molecule has 0 saturated heterocycles. The highest BCUT2D eigenvalue weighted by atomic mass is 32.2. The molecule has 4 N–H and O–H groups in total. The van der Waals surface area contributed by atoms with E-state index in [2.05, 4.69) is 26.1 Å². The number of carbonyl (C=O) groups excluding carboxylic acids is 1. The normalized spacial score (nSPS) is 46.3. The molecule has 0 unspecified atom stereocenters. The number of amides is 1. The van der Waals surface area contributed by atoms with Crippen LogP contribution in [0.1, 0.15) is 78.6 Å². The second kappa shape index (κ2) is 9.86. The molecule has 35 heavy (non-hydrogen) atoms. The number of hydrogen-bond acceptors (Lipinski definition) is 7. The standard InChI is InChI=1S/C26H45NO7S/c1-15(4-7-21(29)27-12-13-35(32,33)34)17-5-6-18-22-19(9-11-25(17,18)2)26(3)10-8-16(28)14-20(26)23(30)24(22)31/h15-20,22-24,28,30-31H,4-14H2,1-3H3,(H,27,29)(H,32,33,34)/p-1/t15-,16-,17-,18+,19+,20+,22+,23-,24-,25-,26-/m1/s1. The molecular formula is C26H44NO7S-. The number of rotatable bonds is 7. The van der Waals surface area contributed by atoms with Crippen molar-refractivity contribution in [3.63, 3.8) is 0 Å². The molecule has 0 aliphatic heterocycles. The van der Waals surface area contributed by atoms with Gasteiger partial charge < -0.3 is 25.2 Å². The van der Waals surface area contributed by atoms with Crippen LogP contribution in [0.25, 0.3) is 0 Å². The quantitative estimate of drug-likeness (QED) is 0.380. The fraction of sp³-hybridized carbons (Fsp3) is 0.962. The van der Waals surface area contributed by atoms with Crippen LogP contribution in [0.15, 0.2) is 0 Å². The molecule has 4 fully saturated rings. The Hall–Kier alpha value is -0.740. The highest BCUT2D eigenvalue weighted by molar-refractivity contribution is 7.85. The third kappa shape index (κ3) is 5.05. The smallest absolute Gasteiger partial charge is 0.220 e. The van der Waals surface area contributed by atoms with Crippen molar-refractivity contribution in [2.24, 2.45) is 46.3 Å². The summed E-state index contributed by atoms with van der Waals surface area (Å²) >= 11 is 0. The molecule has 0 radical (unpaired) electrons. The lowest BCUT2D eigenvalue weighted by Gasteiger charge is -2.63. The van der Waals surface area contributed by atoms with Gasteiger partial charge in [0.2, 0.25) is 5.91 Å². The maximum absolute atomic E-state index is 12.2. The summed E-state index contributed by atoms with van der Waals surface area (Å²) in [7, 11) is -4.33. The van der Waals surface area contributed by atoms with Gasteiger partial charge in [-0.05, 0) is 97.7 Å². The first-order valence-corrected chi connectivity index (χ1v) is 15.1. The molecule has 0 spiro atoms. The Kier molecular flexibility index (Phi) is 7.69. The summed E-state index contributed by atoms with van der Waals surface area (Å²) < 4.78 is 32.2. The first kappa shape index (κ1) is 27.3. The van der Waals surface area contributed by atoms with E-state index >= 15 is 0 Å². The molecule has 0 bridgehead atoms. The summed E-state index contributed by atoms with van der Waals surface area (Å²) in [6, 6.07) is 0. The van der Waals surface area contributed by atoms with E-state index in [1.165, 1.54) is 0 Å². The molecule has 9 heteroatoms. The minimum Gasteiger partial charge on any atom is -0.748 e. The van der Waals surface area contributed by atoms with E-state index in [0.29, 0.717) is 42.9 Å². The van der Waals surface area contributed by atoms with E-state index in [9.17, 15) is 33.1 Å². The van der Waals surface area contributed by atoms with E-state index in [1.807, 2.05) is 0 Å². The SMILES string of the molecule is C[C@H](CCC(=O)NCCS(=O)(=O)[O-])[C@H]1CC[C@H]2[C@@H]3[C@@H](O)[C@H](O)[C@@H]4C[C@H](O)CC[C@]4(C)[C@H]3CC[C@]12C. The first-order chi connectivity index (χ1) is 16.3. The Morgan fingerprint density at radius 2 is 1.66 bits per heavy atom. The third-order valence-corrected chi connectivity index (χ3v) is 11.7. The van der Waals surface area contributed by atoms with Crippen LogP contribution in [-0.4, -0.2) is 64.8 Å². The minimum atomic E-state index is -4.33. The fourth-order valence-electron chi connectivity index (χ4n) is 9.18. The Morgan fingerprint density at radius 1 is 1.00 bits per heavy atom. The fourth-order valence-corrected chi connectivity index (χ4v) is 9.53. The van der Waals surface area contributed by atoms with Crippen LogP contribution in [-0.2, 0) is 14.9 Å². The molecule has 202 valence electrons. The van der Waals surface area contributed by atoms with Crippen molar-refractivity contribution in [1.29, 1.82) is 0 Å². The maximum Gasteiger partial charge on any atom is 0.220 e. The van der Waals surface area contributed by atoms with Crippen LogP contribution in [0.2, 0.25) is 0 Å². The highest BCUT2D eigenvalue weighted by Crippen LogP contribution is 2.68. The first-order valence-electron chi connectivity index (χ1n) is 13.5. The predicted molar refractivity (Wildman–Crippen MR) is 130 cm³/mol. The van der Waals surface area contributed by atoms with Gasteiger partial charge in [0.15, 0.2) is 0 Å². The number of hydrogen-bond donors (Lipinski definition) is 4. The summed E-state index contributed by atoms with van der Waals surface area (Å²) in [5.41, 5.74) is -0.00495. The number of fused-ring (bicyclic) bond motifs is 5. The molecule has 11 atom stereocenters. The van der Waals surface area contributed by atoms with Gasteiger partial charge in [-0.1, -0.05) is 20.8 Å². The molecular weight excluding hydrogens is 470 g/mol. The summed E-state index contributed by atoms with van der Waals surface area (Å²) in [5.74, 6) is 0.598. The molecule has 8 nitrogen and oxygen atoms in total. The van der Waals surface area contributed by atoms with Gasteiger partial charge in [0.05, 0.1) is 34.2 Å². The van der Waals surface area contributed by atoms with Crippen LogP contribution < -0.4 is 5.32 Å². The average molecular weight is 515 g/mol. The maximum atomic E-state index is 12.2. The lowest BCUT2D eigenvalue weighted by molar-refractivity contribution is -0.223. The van der Waals surface area contributed by atoms with Crippen molar-refractivity contribution in [2.45, 2.75) is 96.9 Å². The Morgan fingerprint density at radius 3 is 2.34 bits per heavy atom. The van der Waals surface area contributed by atoms with E-state index in [4.69, 9.17) is 0 Å². The van der Waals surface area contributed by atoms with Gasteiger partial charge in [-0.2, -0.15) is 0 Å². The van der Waals surface area contributed by atoms with Crippen LogP contribution in [0.3, 0.4) is 0 Å². The van der Waals surface area contributed by atoms with Gasteiger partial charge in [-0.25, -0.2) is 8.42 Å². The van der Waals surface area contributed by atoms with Crippen molar-refractivity contribution in [1.82, 2.24) is 5.32 Å². The molecule has 4 saturated carbocycles. The van der Waals surface area contributed by atoms with Crippen LogP contribution in [0.4, 0.5) is 0 Å². The van der Waals surface area contributed by atoms with Crippen LogP contribution in [0, 0.1) is 46.3 Å². The molecule has 4 aliphatic carbocycles. The van der Waals surface area contributed by atoms with Crippen molar-refractivity contribution < 1.29 is 33.1 Å². The largest absolute Gasteiger partial charge is 0.748 e. The predicted octanol–water partition coefficient (Wildman–Crippen LogP) is 2.03. The highest BCUT2D eigenvalue weighted by Gasteiger charge is 2.65. The molecule has 0 aromatic carbocycles. The van der Waals surface area contributed by atoms with Crippen molar-refractivity contribution in [3.05, 3.63) is 0 Å². The zero-order valence-electron chi connectivity index (χ0n) is 21.4. The molecule has 4 aliphatic rings. The number of aliphatic hydroxyl groups is 3. The number of carbonyl (C=O) groups is 1. The molecule has 0 aromatic rings. The van der Waals surface area contributed by atoms with Gasteiger partial charge in [-0.15, -0.1) is 0 Å². The van der Waals surface area contributed by atoms with E-state index in [0.717, 1.165) is 38.5 Å². The number of nitrogens with one attached hydrogen (secondary N) is 1. The summed E-state index contributed by atoms with van der Waals surface area (Å²) in [6.45, 7) is 6.66. The Bertz CT molecular complexity index is 896. The number of aliphatic hydroxyl groups excluding tert-OH is 3.